The Bertz CT molecular complexity index is 342. The van der Waals surface area contributed by atoms with Gasteiger partial charge in [0.25, 0.3) is 5.91 Å². The Morgan fingerprint density at radius 1 is 1.40 bits per heavy atom. The van der Waals surface area contributed by atoms with E-state index >= 15 is 0 Å². The Kier molecular flexibility index (Phi) is 3.38. The van der Waals surface area contributed by atoms with Crippen molar-refractivity contribution in [3.05, 3.63) is 35.9 Å². The molecular weight excluding hydrogens is 258 g/mol. The summed E-state index contributed by atoms with van der Waals surface area (Å²) < 4.78 is 0. The molecule has 1 aromatic rings. The van der Waals surface area contributed by atoms with Gasteiger partial charge >= 0.3 is 0 Å². The second kappa shape index (κ2) is 4.77. The Labute approximate surface area is 97.1 Å². The highest BCUT2D eigenvalue weighted by molar-refractivity contribution is 9.10. The van der Waals surface area contributed by atoms with Crippen molar-refractivity contribution >= 4 is 21.8 Å². The normalized spacial score (nSPS) is 21.0. The molecule has 1 fully saturated rings. The molecule has 0 saturated carbocycles. The third-order valence-corrected chi connectivity index (χ3v) is 3.18. The summed E-state index contributed by atoms with van der Waals surface area (Å²) in [6.07, 6.45) is 0.813. The average Bonchev–Trinajstić information content (AvgIpc) is 2.59. The molecule has 4 heteroatoms. The molecule has 1 amide bonds. The quantitative estimate of drug-likeness (QED) is 0.787. The van der Waals surface area contributed by atoms with Crippen molar-refractivity contribution in [1.82, 2.24) is 5.06 Å². The summed E-state index contributed by atoms with van der Waals surface area (Å²) in [4.78, 5) is 16.8. The van der Waals surface area contributed by atoms with Crippen molar-refractivity contribution < 1.29 is 9.63 Å². The van der Waals surface area contributed by atoms with Crippen LogP contribution in [-0.2, 0) is 16.2 Å². The lowest BCUT2D eigenvalue weighted by Crippen LogP contribution is -2.27. The van der Waals surface area contributed by atoms with Crippen molar-refractivity contribution in [3.8, 4) is 0 Å². The topological polar surface area (TPSA) is 29.5 Å². The van der Waals surface area contributed by atoms with E-state index in [1.165, 1.54) is 5.06 Å². The standard InChI is InChI=1S/C11H12BrNO2/c12-10-6-7-13(11(10)14)15-8-9-4-2-1-3-5-9/h1-5,10H,6-8H2/t10-/m1/s1. The van der Waals surface area contributed by atoms with Gasteiger partial charge in [-0.05, 0) is 12.0 Å². The minimum atomic E-state index is -0.0757. The van der Waals surface area contributed by atoms with Gasteiger partial charge in [-0.1, -0.05) is 46.3 Å². The molecule has 80 valence electrons. The summed E-state index contributed by atoms with van der Waals surface area (Å²) >= 11 is 3.30. The van der Waals surface area contributed by atoms with E-state index in [0.29, 0.717) is 13.2 Å². The van der Waals surface area contributed by atoms with Gasteiger partial charge in [0.05, 0.1) is 11.4 Å². The highest BCUT2D eigenvalue weighted by atomic mass is 79.9. The SMILES string of the molecule is O=C1[C@H](Br)CCN1OCc1ccccc1. The molecule has 0 aliphatic carbocycles. The predicted octanol–water partition coefficient (Wildman–Crippen LogP) is 2.11. The summed E-state index contributed by atoms with van der Waals surface area (Å²) in [7, 11) is 0. The summed E-state index contributed by atoms with van der Waals surface area (Å²) in [5.74, 6) is 0.0194. The van der Waals surface area contributed by atoms with Crippen molar-refractivity contribution in [2.45, 2.75) is 17.9 Å². The number of alkyl halides is 1. The lowest BCUT2D eigenvalue weighted by atomic mass is 10.2. The lowest BCUT2D eigenvalue weighted by molar-refractivity contribution is -0.181. The first-order chi connectivity index (χ1) is 7.27. The number of hydrogen-bond donors (Lipinski definition) is 0. The summed E-state index contributed by atoms with van der Waals surface area (Å²) in [5.41, 5.74) is 1.07. The monoisotopic (exact) mass is 269 g/mol. The van der Waals surface area contributed by atoms with E-state index in [1.54, 1.807) is 0 Å². The summed E-state index contributed by atoms with van der Waals surface area (Å²) in [6.45, 7) is 1.12. The number of benzene rings is 1. The Balaban J connectivity index is 1.87. The molecular formula is C11H12BrNO2. The second-order valence-electron chi connectivity index (χ2n) is 3.46. The van der Waals surface area contributed by atoms with E-state index in [-0.39, 0.29) is 10.7 Å². The van der Waals surface area contributed by atoms with Crippen LogP contribution in [0.4, 0.5) is 0 Å². The molecule has 0 aromatic heterocycles. The van der Waals surface area contributed by atoms with E-state index in [1.807, 2.05) is 30.3 Å². The molecule has 1 saturated heterocycles. The van der Waals surface area contributed by atoms with Crippen molar-refractivity contribution in [1.29, 1.82) is 0 Å². The zero-order valence-corrected chi connectivity index (χ0v) is 9.81. The predicted molar refractivity (Wildman–Crippen MR) is 60.3 cm³/mol. The van der Waals surface area contributed by atoms with Gasteiger partial charge in [0.15, 0.2) is 0 Å². The molecule has 1 aliphatic rings. The smallest absolute Gasteiger partial charge is 0.259 e. The third kappa shape index (κ3) is 2.58. The highest BCUT2D eigenvalue weighted by Crippen LogP contribution is 2.19. The molecule has 3 nitrogen and oxygen atoms in total. The maximum Gasteiger partial charge on any atom is 0.259 e. The third-order valence-electron chi connectivity index (χ3n) is 2.33. The molecule has 1 aromatic carbocycles. The Hall–Kier alpha value is -0.870. The van der Waals surface area contributed by atoms with E-state index < -0.39 is 0 Å². The molecule has 0 radical (unpaired) electrons. The fraction of sp³-hybridized carbons (Fsp3) is 0.364. The van der Waals surface area contributed by atoms with Gasteiger partial charge in [-0.2, -0.15) is 0 Å². The first-order valence-electron chi connectivity index (χ1n) is 4.89. The van der Waals surface area contributed by atoms with Crippen molar-refractivity contribution in [2.24, 2.45) is 0 Å². The molecule has 2 rings (SSSR count). The number of amides is 1. The van der Waals surface area contributed by atoms with Crippen molar-refractivity contribution in [2.75, 3.05) is 6.54 Å². The maximum atomic E-state index is 11.5. The molecule has 0 spiro atoms. The van der Waals surface area contributed by atoms with Crippen molar-refractivity contribution in [3.63, 3.8) is 0 Å². The Morgan fingerprint density at radius 2 is 2.13 bits per heavy atom. The number of rotatable bonds is 3. The van der Waals surface area contributed by atoms with Crippen LogP contribution in [0, 0.1) is 0 Å². The number of halogens is 1. The van der Waals surface area contributed by atoms with Crippen LogP contribution in [0.1, 0.15) is 12.0 Å². The lowest BCUT2D eigenvalue weighted by Gasteiger charge is -2.15. The van der Waals surface area contributed by atoms with Crippen LogP contribution in [0.3, 0.4) is 0 Å². The first-order valence-corrected chi connectivity index (χ1v) is 5.81. The molecule has 1 heterocycles. The van der Waals surface area contributed by atoms with E-state index in [0.717, 1.165) is 12.0 Å². The van der Waals surface area contributed by atoms with Gasteiger partial charge in [0.1, 0.15) is 6.61 Å². The van der Waals surface area contributed by atoms with Crippen LogP contribution in [0.15, 0.2) is 30.3 Å². The second-order valence-corrected chi connectivity index (χ2v) is 4.56. The van der Waals surface area contributed by atoms with Gasteiger partial charge in [0.2, 0.25) is 0 Å². The van der Waals surface area contributed by atoms with Crippen LogP contribution >= 0.6 is 15.9 Å². The largest absolute Gasteiger partial charge is 0.271 e. The number of nitrogens with zero attached hydrogens (tertiary/aromatic N) is 1. The zero-order valence-electron chi connectivity index (χ0n) is 8.23. The fourth-order valence-electron chi connectivity index (χ4n) is 1.48. The van der Waals surface area contributed by atoms with E-state index in [4.69, 9.17) is 4.84 Å². The summed E-state index contributed by atoms with van der Waals surface area (Å²) in [6, 6.07) is 9.83. The minimum Gasteiger partial charge on any atom is -0.271 e. The molecule has 1 atom stereocenters. The van der Waals surface area contributed by atoms with Gasteiger partial charge in [-0.15, -0.1) is 0 Å². The molecule has 0 unspecified atom stereocenters. The number of carbonyl (C=O) groups excluding carboxylic acids is 1. The van der Waals surface area contributed by atoms with Crippen LogP contribution in [0.5, 0.6) is 0 Å². The molecule has 15 heavy (non-hydrogen) atoms. The van der Waals surface area contributed by atoms with Crippen LogP contribution in [0.25, 0.3) is 0 Å². The van der Waals surface area contributed by atoms with Gasteiger partial charge < -0.3 is 0 Å². The van der Waals surface area contributed by atoms with E-state index in [2.05, 4.69) is 15.9 Å². The average molecular weight is 270 g/mol. The number of hydrogen-bond acceptors (Lipinski definition) is 2. The van der Waals surface area contributed by atoms with E-state index in [9.17, 15) is 4.79 Å². The number of carbonyl (C=O) groups is 1. The summed E-state index contributed by atoms with van der Waals surface area (Å²) in [5, 5.41) is 1.44. The van der Waals surface area contributed by atoms with Gasteiger partial charge in [-0.25, -0.2) is 5.06 Å². The van der Waals surface area contributed by atoms with Crippen LogP contribution < -0.4 is 0 Å². The van der Waals surface area contributed by atoms with Gasteiger partial charge in [-0.3, -0.25) is 9.63 Å². The van der Waals surface area contributed by atoms with Crippen LogP contribution in [0.2, 0.25) is 0 Å². The fourth-order valence-corrected chi connectivity index (χ4v) is 1.91. The van der Waals surface area contributed by atoms with Crippen LogP contribution in [-0.4, -0.2) is 22.3 Å². The van der Waals surface area contributed by atoms with Gasteiger partial charge in [0, 0.05) is 0 Å². The zero-order chi connectivity index (χ0) is 10.7. The molecule has 1 aliphatic heterocycles. The molecule has 0 bridgehead atoms. The minimum absolute atomic E-state index is 0.0194. The molecule has 0 N–H and O–H groups in total. The highest BCUT2D eigenvalue weighted by Gasteiger charge is 2.30. The number of hydroxylamine groups is 2. The Morgan fingerprint density at radius 3 is 2.73 bits per heavy atom. The maximum absolute atomic E-state index is 11.5. The first kappa shape index (κ1) is 10.6.